The highest BCUT2D eigenvalue weighted by Gasteiger charge is 2.72. The van der Waals surface area contributed by atoms with Gasteiger partial charge in [0.05, 0.1) is 17.3 Å². The first-order valence-corrected chi connectivity index (χ1v) is 11.5. The van der Waals surface area contributed by atoms with Gasteiger partial charge in [-0.25, -0.2) is 0 Å². The second-order valence-electron chi connectivity index (χ2n) is 11.0. The van der Waals surface area contributed by atoms with Gasteiger partial charge in [-0.05, 0) is 86.5 Å². The molecule has 4 saturated carbocycles. The van der Waals surface area contributed by atoms with E-state index in [0.717, 1.165) is 55.2 Å². The quantitative estimate of drug-likeness (QED) is 0.499. The van der Waals surface area contributed by atoms with Gasteiger partial charge >= 0.3 is 0 Å². The molecule has 1 aromatic heterocycles. The summed E-state index contributed by atoms with van der Waals surface area (Å²) in [5, 5.41) is 45.8. The largest absolute Gasteiger partial charge is 0.619 e. The Bertz CT molecular complexity index is 799. The monoisotopic (exact) mass is 401 g/mol. The van der Waals surface area contributed by atoms with E-state index in [2.05, 4.69) is 13.8 Å². The van der Waals surface area contributed by atoms with Gasteiger partial charge < -0.3 is 20.5 Å². The highest BCUT2D eigenvalue weighted by Crippen LogP contribution is 2.71. The molecule has 0 amide bonds. The lowest BCUT2D eigenvalue weighted by Crippen LogP contribution is -2.64. The van der Waals surface area contributed by atoms with Crippen LogP contribution >= 0.6 is 0 Å². The highest BCUT2D eigenvalue weighted by molar-refractivity contribution is 5.30. The Morgan fingerprint density at radius 3 is 2.38 bits per heavy atom. The fraction of sp³-hybridized carbons (Fsp3) is 0.792. The second kappa shape index (κ2) is 6.18. The molecule has 3 N–H and O–H groups in total. The van der Waals surface area contributed by atoms with Gasteiger partial charge in [0, 0.05) is 17.5 Å². The minimum absolute atomic E-state index is 0.167. The van der Waals surface area contributed by atoms with Crippen molar-refractivity contribution >= 4 is 0 Å². The average molecular weight is 402 g/mol. The van der Waals surface area contributed by atoms with E-state index in [4.69, 9.17) is 0 Å². The molecular formula is C24H35NO4. The molecule has 0 bridgehead atoms. The molecule has 4 fully saturated rings. The highest BCUT2D eigenvalue weighted by atomic mass is 16.5. The molecule has 0 aliphatic heterocycles. The predicted molar refractivity (Wildman–Crippen MR) is 108 cm³/mol. The van der Waals surface area contributed by atoms with E-state index in [9.17, 15) is 20.5 Å². The summed E-state index contributed by atoms with van der Waals surface area (Å²) >= 11 is 0. The number of hydrogen-bond acceptors (Lipinski definition) is 4. The van der Waals surface area contributed by atoms with Gasteiger partial charge in [0.25, 0.3) is 0 Å². The first kappa shape index (κ1) is 19.8. The summed E-state index contributed by atoms with van der Waals surface area (Å²) in [7, 11) is 0. The number of pyridine rings is 1. The van der Waals surface area contributed by atoms with Crippen molar-refractivity contribution in [1.82, 2.24) is 0 Å². The van der Waals surface area contributed by atoms with Gasteiger partial charge in [0.15, 0.2) is 12.4 Å². The Morgan fingerprint density at radius 1 is 0.931 bits per heavy atom. The summed E-state index contributed by atoms with van der Waals surface area (Å²) in [5.41, 5.74) is -1.68. The molecule has 5 heteroatoms. The number of rotatable bonds is 1. The van der Waals surface area contributed by atoms with Gasteiger partial charge in [0.1, 0.15) is 0 Å². The van der Waals surface area contributed by atoms with Crippen molar-refractivity contribution in [2.24, 2.45) is 28.6 Å². The van der Waals surface area contributed by atoms with Crippen LogP contribution < -0.4 is 4.73 Å². The molecule has 0 saturated heterocycles. The zero-order valence-corrected chi connectivity index (χ0v) is 17.7. The van der Waals surface area contributed by atoms with Crippen molar-refractivity contribution in [1.29, 1.82) is 0 Å². The second-order valence-corrected chi connectivity index (χ2v) is 11.0. The van der Waals surface area contributed by atoms with Crippen molar-refractivity contribution in [3.8, 4) is 0 Å². The van der Waals surface area contributed by atoms with Crippen LogP contribution in [0.2, 0.25) is 0 Å². The lowest BCUT2D eigenvalue weighted by atomic mass is 9.43. The van der Waals surface area contributed by atoms with Crippen LogP contribution in [0.3, 0.4) is 0 Å². The average Bonchev–Trinajstić information content (AvgIpc) is 2.91. The predicted octanol–water partition coefficient (Wildman–Crippen LogP) is 3.03. The molecule has 0 radical (unpaired) electrons. The number of aliphatic hydroxyl groups is 3. The van der Waals surface area contributed by atoms with Crippen molar-refractivity contribution in [2.75, 3.05) is 0 Å². The van der Waals surface area contributed by atoms with E-state index in [1.165, 1.54) is 12.4 Å². The van der Waals surface area contributed by atoms with Crippen LogP contribution in [0.4, 0.5) is 0 Å². The van der Waals surface area contributed by atoms with Gasteiger partial charge in [-0.2, -0.15) is 4.73 Å². The van der Waals surface area contributed by atoms with E-state index in [-0.39, 0.29) is 17.4 Å². The Hall–Kier alpha value is -1.17. The van der Waals surface area contributed by atoms with Crippen LogP contribution in [-0.4, -0.2) is 27.0 Å². The number of aromatic nitrogens is 1. The summed E-state index contributed by atoms with van der Waals surface area (Å²) in [6.07, 6.45) is 10.5. The zero-order valence-electron chi connectivity index (χ0n) is 17.7. The Labute approximate surface area is 173 Å². The van der Waals surface area contributed by atoms with E-state index < -0.39 is 16.6 Å². The molecule has 4 aliphatic rings. The lowest BCUT2D eigenvalue weighted by molar-refractivity contribution is -0.605. The molecule has 8 atom stereocenters. The Kier molecular flexibility index (Phi) is 4.21. The van der Waals surface area contributed by atoms with E-state index in [1.54, 1.807) is 12.1 Å². The standard InChI is InChI=1S/C24H35NO4/c1-21-9-5-18(26)15-17(21)3-4-20-19(21)6-10-22(2)23(27,11-12-24(20,22)28)16-7-13-25(29)14-8-16/h7-8,13-14,17-20,26-28H,3-6,9-12,15H2,1-2H3/t17?,18?,19-,20-,21+,22-,23?,24-/m1/s1. The van der Waals surface area contributed by atoms with Crippen LogP contribution in [0.1, 0.15) is 77.2 Å². The maximum absolute atomic E-state index is 12.2. The van der Waals surface area contributed by atoms with Crippen molar-refractivity contribution in [3.05, 3.63) is 35.3 Å². The van der Waals surface area contributed by atoms with Crippen LogP contribution in [0.15, 0.2) is 24.5 Å². The Morgan fingerprint density at radius 2 is 1.66 bits per heavy atom. The van der Waals surface area contributed by atoms with Crippen molar-refractivity contribution in [2.45, 2.75) is 88.9 Å². The maximum Gasteiger partial charge on any atom is 0.180 e. The molecule has 1 heterocycles. The third kappa shape index (κ3) is 2.41. The Balaban J connectivity index is 1.52. The molecule has 5 rings (SSSR count). The van der Waals surface area contributed by atoms with Crippen LogP contribution in [0, 0.1) is 33.8 Å². The molecule has 160 valence electrons. The molecule has 5 nitrogen and oxygen atoms in total. The number of nitrogens with zero attached hydrogens (tertiary/aromatic N) is 1. The minimum atomic E-state index is -1.11. The van der Waals surface area contributed by atoms with Crippen molar-refractivity contribution in [3.63, 3.8) is 0 Å². The first-order valence-electron chi connectivity index (χ1n) is 11.5. The fourth-order valence-electron chi connectivity index (χ4n) is 8.37. The van der Waals surface area contributed by atoms with E-state index in [1.807, 2.05) is 0 Å². The van der Waals surface area contributed by atoms with Gasteiger partial charge in [-0.3, -0.25) is 0 Å². The third-order valence-corrected chi connectivity index (χ3v) is 10.2. The summed E-state index contributed by atoms with van der Waals surface area (Å²) in [6.45, 7) is 4.48. The molecule has 0 aromatic carbocycles. The van der Waals surface area contributed by atoms with Crippen LogP contribution in [0.25, 0.3) is 0 Å². The topological polar surface area (TPSA) is 87.6 Å². The number of aliphatic hydroxyl groups excluding tert-OH is 1. The SMILES string of the molecule is C[C@]12CCC(O)CC1CC[C@@H]1[C@H]2CC[C@]2(C)C(O)(c3cc[n+]([O-])cc3)CC[C@@]12O. The van der Waals surface area contributed by atoms with Crippen molar-refractivity contribution < 1.29 is 20.0 Å². The summed E-state index contributed by atoms with van der Waals surface area (Å²) in [5.74, 6) is 1.19. The summed E-state index contributed by atoms with van der Waals surface area (Å²) < 4.78 is 0.743. The number of fused-ring (bicyclic) bond motifs is 5. The fourth-order valence-corrected chi connectivity index (χ4v) is 8.37. The normalized spacial score (nSPS) is 51.8. The molecule has 4 aliphatic carbocycles. The number of hydrogen-bond donors (Lipinski definition) is 3. The molecular weight excluding hydrogens is 366 g/mol. The minimum Gasteiger partial charge on any atom is -0.619 e. The van der Waals surface area contributed by atoms with E-state index >= 15 is 0 Å². The third-order valence-electron chi connectivity index (χ3n) is 10.2. The molecule has 0 spiro atoms. The summed E-state index contributed by atoms with van der Waals surface area (Å²) in [4.78, 5) is 0. The first-order chi connectivity index (χ1) is 13.6. The van der Waals surface area contributed by atoms with E-state index in [0.29, 0.717) is 24.7 Å². The van der Waals surface area contributed by atoms with Crippen LogP contribution in [-0.2, 0) is 5.60 Å². The molecule has 3 unspecified atom stereocenters. The molecule has 1 aromatic rings. The summed E-state index contributed by atoms with van der Waals surface area (Å²) in [6, 6.07) is 3.44. The van der Waals surface area contributed by atoms with Crippen LogP contribution in [0.5, 0.6) is 0 Å². The van der Waals surface area contributed by atoms with Gasteiger partial charge in [-0.15, -0.1) is 0 Å². The van der Waals surface area contributed by atoms with Gasteiger partial charge in [0.2, 0.25) is 0 Å². The zero-order chi connectivity index (χ0) is 20.7. The maximum atomic E-state index is 12.2. The smallest absolute Gasteiger partial charge is 0.180 e. The lowest BCUT2D eigenvalue weighted by Gasteiger charge is -2.64. The van der Waals surface area contributed by atoms with Gasteiger partial charge in [-0.1, -0.05) is 13.8 Å². The molecule has 29 heavy (non-hydrogen) atoms.